The number of nitrogens with zero attached hydrogens (tertiary/aromatic N) is 4. The van der Waals surface area contributed by atoms with Crippen molar-refractivity contribution >= 4 is 22.7 Å². The second kappa shape index (κ2) is 8.89. The average Bonchev–Trinajstić information content (AvgIpc) is 3.51. The lowest BCUT2D eigenvalue weighted by Crippen LogP contribution is -2.37. The molecule has 6 rings (SSSR count). The third kappa shape index (κ3) is 3.85. The predicted octanol–water partition coefficient (Wildman–Crippen LogP) is 5.47. The normalized spacial score (nSPS) is 14.0. The van der Waals surface area contributed by atoms with Crippen molar-refractivity contribution in [2.45, 2.75) is 33.2 Å². The van der Waals surface area contributed by atoms with Gasteiger partial charge in [-0.25, -0.2) is 15.0 Å². The molecule has 0 atom stereocenters. The van der Waals surface area contributed by atoms with Crippen LogP contribution in [0.4, 0.5) is 0 Å². The third-order valence-corrected chi connectivity index (χ3v) is 7.61. The molecule has 6 nitrogen and oxygen atoms in total. The van der Waals surface area contributed by atoms with Crippen molar-refractivity contribution in [1.82, 2.24) is 19.5 Å². The molecule has 0 N–H and O–H groups in total. The topological polar surface area (TPSA) is 77.7 Å². The fourth-order valence-corrected chi connectivity index (χ4v) is 5.50. The highest BCUT2D eigenvalue weighted by atomic mass is 16.2. The van der Waals surface area contributed by atoms with Gasteiger partial charge in [-0.1, -0.05) is 66.7 Å². The van der Waals surface area contributed by atoms with Crippen LogP contribution in [0.5, 0.6) is 0 Å². The van der Waals surface area contributed by atoms with Gasteiger partial charge in [0.25, 0.3) is 0 Å². The van der Waals surface area contributed by atoms with E-state index in [0.717, 1.165) is 50.2 Å². The van der Waals surface area contributed by atoms with Gasteiger partial charge in [-0.05, 0) is 60.6 Å². The molecule has 2 aromatic heterocycles. The van der Waals surface area contributed by atoms with E-state index in [-0.39, 0.29) is 11.6 Å². The molecule has 0 spiro atoms. The van der Waals surface area contributed by atoms with Crippen LogP contribution in [0, 0.1) is 5.41 Å². The summed E-state index contributed by atoms with van der Waals surface area (Å²) in [5, 5.41) is 0. The largest absolute Gasteiger partial charge is 0.311 e. The van der Waals surface area contributed by atoms with Crippen LogP contribution in [0.15, 0.2) is 85.5 Å². The Balaban J connectivity index is 1.53. The van der Waals surface area contributed by atoms with E-state index in [4.69, 9.17) is 9.97 Å². The molecule has 6 heteroatoms. The zero-order valence-corrected chi connectivity index (χ0v) is 20.8. The van der Waals surface area contributed by atoms with Gasteiger partial charge in [-0.3, -0.25) is 9.59 Å². The van der Waals surface area contributed by atoms with Crippen LogP contribution in [-0.4, -0.2) is 31.1 Å². The van der Waals surface area contributed by atoms with Crippen LogP contribution >= 0.6 is 0 Å². The molecule has 5 aromatic rings. The number of carbonyl (C=O) groups excluding carboxylic acids is 2. The first kappa shape index (κ1) is 23.0. The van der Waals surface area contributed by atoms with Crippen molar-refractivity contribution < 1.29 is 9.59 Å². The highest BCUT2D eigenvalue weighted by molar-refractivity contribution is 6.06. The van der Waals surface area contributed by atoms with E-state index in [1.165, 1.54) is 13.8 Å². The molecule has 0 amide bonds. The summed E-state index contributed by atoms with van der Waals surface area (Å²) in [5.74, 6) is -0.161. The van der Waals surface area contributed by atoms with Crippen LogP contribution < -0.4 is 0 Å². The van der Waals surface area contributed by atoms with Crippen LogP contribution in [0.25, 0.3) is 33.5 Å². The molecule has 1 aliphatic carbocycles. The maximum atomic E-state index is 12.7. The van der Waals surface area contributed by atoms with E-state index in [9.17, 15) is 9.59 Å². The molecule has 37 heavy (non-hydrogen) atoms. The van der Waals surface area contributed by atoms with E-state index in [0.29, 0.717) is 19.4 Å². The van der Waals surface area contributed by atoms with Crippen molar-refractivity contribution in [2.75, 3.05) is 0 Å². The van der Waals surface area contributed by atoms with Gasteiger partial charge >= 0.3 is 0 Å². The average molecular weight is 487 g/mol. The minimum absolute atomic E-state index is 0.0805. The lowest BCUT2D eigenvalue weighted by atomic mass is 9.77. The van der Waals surface area contributed by atoms with Crippen molar-refractivity contribution in [1.29, 1.82) is 0 Å². The Kier molecular flexibility index (Phi) is 5.52. The molecule has 1 aliphatic rings. The Morgan fingerprint density at radius 2 is 1.43 bits per heavy atom. The summed E-state index contributed by atoms with van der Waals surface area (Å²) in [6, 6.07) is 24.6. The molecule has 0 bridgehead atoms. The van der Waals surface area contributed by atoms with Crippen molar-refractivity contribution in [2.24, 2.45) is 5.41 Å². The van der Waals surface area contributed by atoms with Gasteiger partial charge < -0.3 is 4.57 Å². The molecule has 3 aromatic carbocycles. The zero-order valence-electron chi connectivity index (χ0n) is 20.8. The Hall–Kier alpha value is -4.45. The van der Waals surface area contributed by atoms with E-state index in [2.05, 4.69) is 41.4 Å². The van der Waals surface area contributed by atoms with Gasteiger partial charge in [-0.2, -0.15) is 0 Å². The second-order valence-corrected chi connectivity index (χ2v) is 9.83. The summed E-state index contributed by atoms with van der Waals surface area (Å²) < 4.78 is 2.03. The Bertz CT molecular complexity index is 1640. The van der Waals surface area contributed by atoms with Gasteiger partial charge in [0, 0.05) is 5.56 Å². The predicted molar refractivity (Wildman–Crippen MR) is 143 cm³/mol. The van der Waals surface area contributed by atoms with Gasteiger partial charge in [0.05, 0.1) is 18.3 Å². The number of ketones is 2. The molecule has 182 valence electrons. The van der Waals surface area contributed by atoms with Crippen LogP contribution in [-0.2, 0) is 29.0 Å². The molecule has 0 radical (unpaired) electrons. The van der Waals surface area contributed by atoms with E-state index < -0.39 is 5.41 Å². The molecule has 0 aliphatic heterocycles. The number of hydrogen-bond donors (Lipinski definition) is 0. The molecular weight excluding hydrogens is 460 g/mol. The summed E-state index contributed by atoms with van der Waals surface area (Å²) in [7, 11) is 0. The van der Waals surface area contributed by atoms with Gasteiger partial charge in [0.2, 0.25) is 0 Å². The van der Waals surface area contributed by atoms with E-state index in [1.54, 1.807) is 6.33 Å². The second-order valence-electron chi connectivity index (χ2n) is 9.83. The highest BCUT2D eigenvalue weighted by Crippen LogP contribution is 2.44. The maximum absolute atomic E-state index is 12.7. The highest BCUT2D eigenvalue weighted by Gasteiger charge is 2.46. The van der Waals surface area contributed by atoms with Gasteiger partial charge in [0.15, 0.2) is 5.65 Å². The number of aromatic nitrogens is 4. The quantitative estimate of drug-likeness (QED) is 0.297. The summed E-state index contributed by atoms with van der Waals surface area (Å²) in [5.41, 5.74) is 7.39. The van der Waals surface area contributed by atoms with Crippen molar-refractivity contribution in [3.8, 4) is 22.4 Å². The van der Waals surface area contributed by atoms with Gasteiger partial charge in [0.1, 0.15) is 29.1 Å². The number of hydrogen-bond acceptors (Lipinski definition) is 5. The SMILES string of the molecule is CC(=O)C1(C(C)=O)Cc2cc(-c3ccccc3)c(-c3ncnc4c3ncn4Cc3ccccc3)cc2C1. The first-order valence-electron chi connectivity index (χ1n) is 12.4. The number of imidazole rings is 1. The fraction of sp³-hybridized carbons (Fsp3) is 0.194. The monoisotopic (exact) mass is 486 g/mol. The lowest BCUT2D eigenvalue weighted by Gasteiger charge is -2.21. The maximum Gasteiger partial charge on any atom is 0.164 e. The smallest absolute Gasteiger partial charge is 0.164 e. The van der Waals surface area contributed by atoms with Crippen LogP contribution in [0.2, 0.25) is 0 Å². The summed E-state index contributed by atoms with van der Waals surface area (Å²) >= 11 is 0. The minimum Gasteiger partial charge on any atom is -0.311 e. The molecule has 0 saturated carbocycles. The summed E-state index contributed by atoms with van der Waals surface area (Å²) in [6.45, 7) is 3.71. The standard InChI is InChI=1S/C31H26N4O2/c1-20(36)31(21(2)37)15-24-13-26(23-11-7-4-8-12-23)27(14-25(24)16-31)28-29-30(33-18-32-28)35(19-34-29)17-22-9-5-3-6-10-22/h3-14,18-19H,15-17H2,1-2H3. The molecule has 0 saturated heterocycles. The number of rotatable bonds is 6. The van der Waals surface area contributed by atoms with Crippen LogP contribution in [0.1, 0.15) is 30.5 Å². The lowest BCUT2D eigenvalue weighted by molar-refractivity contribution is -0.137. The van der Waals surface area contributed by atoms with Crippen LogP contribution in [0.3, 0.4) is 0 Å². The van der Waals surface area contributed by atoms with Crippen molar-refractivity contribution in [3.05, 3.63) is 102 Å². The zero-order chi connectivity index (χ0) is 25.6. The first-order chi connectivity index (χ1) is 18.0. The molecule has 0 unspecified atom stereocenters. The minimum atomic E-state index is -0.993. The summed E-state index contributed by atoms with van der Waals surface area (Å²) in [4.78, 5) is 39.3. The number of carbonyl (C=O) groups is 2. The molecular formula is C31H26N4O2. The Morgan fingerprint density at radius 3 is 2.08 bits per heavy atom. The first-order valence-corrected chi connectivity index (χ1v) is 12.4. The fourth-order valence-electron chi connectivity index (χ4n) is 5.50. The van der Waals surface area contributed by atoms with E-state index >= 15 is 0 Å². The molecule has 2 heterocycles. The molecule has 0 fully saturated rings. The van der Waals surface area contributed by atoms with Gasteiger partial charge in [-0.15, -0.1) is 0 Å². The third-order valence-electron chi connectivity index (χ3n) is 7.61. The Labute approximate surface area is 215 Å². The number of fused-ring (bicyclic) bond motifs is 2. The van der Waals surface area contributed by atoms with Crippen molar-refractivity contribution in [3.63, 3.8) is 0 Å². The Morgan fingerprint density at radius 1 is 0.811 bits per heavy atom. The van der Waals surface area contributed by atoms with E-state index in [1.807, 2.05) is 47.3 Å². The number of benzene rings is 3. The number of Topliss-reactive ketones (excluding diaryl/α,β-unsaturated/α-hetero) is 2. The summed E-state index contributed by atoms with van der Waals surface area (Å²) in [6.07, 6.45) is 4.23.